The van der Waals surface area contributed by atoms with Crippen molar-refractivity contribution in [2.75, 3.05) is 6.61 Å². The van der Waals surface area contributed by atoms with Gasteiger partial charge in [0, 0.05) is 6.92 Å². The van der Waals surface area contributed by atoms with Crippen LogP contribution in [0.2, 0.25) is 0 Å². The molecule has 0 bridgehead atoms. The highest BCUT2D eigenvalue weighted by Gasteiger charge is 2.47. The van der Waals surface area contributed by atoms with Crippen LogP contribution in [0, 0.1) is 0 Å². The van der Waals surface area contributed by atoms with Crippen LogP contribution < -0.4 is 0 Å². The molecule has 0 aromatic rings. The second-order valence-corrected chi connectivity index (χ2v) is 4.34. The lowest BCUT2D eigenvalue weighted by atomic mass is 9.91. The molecular weight excluding hydrogens is 224 g/mol. The first kappa shape index (κ1) is 14.0. The summed E-state index contributed by atoms with van der Waals surface area (Å²) in [4.78, 5) is 22.8. The van der Waals surface area contributed by atoms with Gasteiger partial charge in [0.1, 0.15) is 6.10 Å². The zero-order valence-electron chi connectivity index (χ0n) is 10.4. The third kappa shape index (κ3) is 3.43. The average molecular weight is 244 g/mol. The second kappa shape index (κ2) is 6.00. The molecule has 0 aromatic heterocycles. The molecule has 0 radical (unpaired) electrons. The summed E-state index contributed by atoms with van der Waals surface area (Å²) < 4.78 is 9.94. The molecule has 0 unspecified atom stereocenters. The highest BCUT2D eigenvalue weighted by Crippen LogP contribution is 2.31. The van der Waals surface area contributed by atoms with Crippen LogP contribution in [0.4, 0.5) is 0 Å². The van der Waals surface area contributed by atoms with E-state index < -0.39 is 23.6 Å². The highest BCUT2D eigenvalue weighted by atomic mass is 16.6. The van der Waals surface area contributed by atoms with Crippen molar-refractivity contribution < 1.29 is 24.2 Å². The fraction of sp³-hybridized carbons (Fsp3) is 0.833. The van der Waals surface area contributed by atoms with Gasteiger partial charge in [-0.05, 0) is 32.6 Å². The Morgan fingerprint density at radius 3 is 2.65 bits per heavy atom. The smallest absolute Gasteiger partial charge is 0.342 e. The summed E-state index contributed by atoms with van der Waals surface area (Å²) in [6.45, 7) is 3.16. The van der Waals surface area contributed by atoms with E-state index >= 15 is 0 Å². The lowest BCUT2D eigenvalue weighted by molar-refractivity contribution is -0.188. The van der Waals surface area contributed by atoms with Crippen molar-refractivity contribution in [1.82, 2.24) is 0 Å². The quantitative estimate of drug-likeness (QED) is 0.596. The zero-order valence-corrected chi connectivity index (χ0v) is 10.4. The van der Waals surface area contributed by atoms with Crippen LogP contribution in [-0.2, 0) is 19.1 Å². The van der Waals surface area contributed by atoms with Gasteiger partial charge >= 0.3 is 11.9 Å². The summed E-state index contributed by atoms with van der Waals surface area (Å²) in [7, 11) is 0. The molecule has 0 saturated heterocycles. The minimum atomic E-state index is -1.68. The Labute approximate surface area is 101 Å². The van der Waals surface area contributed by atoms with Crippen LogP contribution in [0.25, 0.3) is 0 Å². The van der Waals surface area contributed by atoms with E-state index in [1.807, 2.05) is 0 Å². The molecule has 1 aliphatic carbocycles. The molecule has 0 heterocycles. The van der Waals surface area contributed by atoms with Crippen LogP contribution in [0.5, 0.6) is 0 Å². The van der Waals surface area contributed by atoms with Gasteiger partial charge < -0.3 is 14.6 Å². The summed E-state index contributed by atoms with van der Waals surface area (Å²) in [6.07, 6.45) is 2.46. The molecule has 1 rings (SSSR count). The van der Waals surface area contributed by atoms with Crippen LogP contribution in [0.1, 0.15) is 46.0 Å². The molecule has 5 nitrogen and oxygen atoms in total. The number of esters is 2. The number of carbonyl (C=O) groups excluding carboxylic acids is 2. The summed E-state index contributed by atoms with van der Waals surface area (Å²) >= 11 is 0. The topological polar surface area (TPSA) is 72.8 Å². The highest BCUT2D eigenvalue weighted by molar-refractivity contribution is 5.80. The Morgan fingerprint density at radius 2 is 2.06 bits per heavy atom. The fourth-order valence-electron chi connectivity index (χ4n) is 2.15. The third-order valence-electron chi connectivity index (χ3n) is 2.99. The van der Waals surface area contributed by atoms with Crippen molar-refractivity contribution in [3.05, 3.63) is 0 Å². The number of carbonyl (C=O) groups is 2. The van der Waals surface area contributed by atoms with Gasteiger partial charge in [0.25, 0.3) is 0 Å². The number of ether oxygens (including phenoxy) is 2. The van der Waals surface area contributed by atoms with Gasteiger partial charge in [-0.1, -0.05) is 6.42 Å². The predicted octanol–water partition coefficient (Wildman–Crippen LogP) is 1.18. The van der Waals surface area contributed by atoms with E-state index in [1.165, 1.54) is 6.92 Å². The van der Waals surface area contributed by atoms with E-state index in [4.69, 9.17) is 9.47 Å². The maximum atomic E-state index is 11.8. The second-order valence-electron chi connectivity index (χ2n) is 4.34. The van der Waals surface area contributed by atoms with Gasteiger partial charge in [-0.2, -0.15) is 0 Å². The van der Waals surface area contributed by atoms with Crippen molar-refractivity contribution in [2.45, 2.75) is 57.7 Å². The lowest BCUT2D eigenvalue weighted by Crippen LogP contribution is -2.51. The van der Waals surface area contributed by atoms with Crippen molar-refractivity contribution in [2.24, 2.45) is 0 Å². The van der Waals surface area contributed by atoms with E-state index in [0.717, 1.165) is 19.3 Å². The van der Waals surface area contributed by atoms with Gasteiger partial charge in [-0.3, -0.25) is 4.79 Å². The van der Waals surface area contributed by atoms with Gasteiger partial charge in [0.05, 0.1) is 6.61 Å². The van der Waals surface area contributed by atoms with Crippen LogP contribution in [-0.4, -0.2) is 35.4 Å². The average Bonchev–Trinajstić information content (AvgIpc) is 2.43. The Bertz CT molecular complexity index is 289. The number of hydrogen-bond donors (Lipinski definition) is 1. The molecule has 1 aliphatic rings. The van der Waals surface area contributed by atoms with E-state index in [0.29, 0.717) is 6.42 Å². The lowest BCUT2D eigenvalue weighted by Gasteiger charge is -2.31. The van der Waals surface area contributed by atoms with Crippen molar-refractivity contribution >= 4 is 11.9 Å². The molecule has 2 atom stereocenters. The Hall–Kier alpha value is -1.10. The van der Waals surface area contributed by atoms with Gasteiger partial charge in [-0.25, -0.2) is 4.79 Å². The Kier molecular flexibility index (Phi) is 4.93. The third-order valence-corrected chi connectivity index (χ3v) is 2.99. The maximum Gasteiger partial charge on any atom is 0.342 e. The van der Waals surface area contributed by atoms with Gasteiger partial charge in [0.15, 0.2) is 5.60 Å². The molecule has 5 heteroatoms. The van der Waals surface area contributed by atoms with E-state index in [-0.39, 0.29) is 13.0 Å². The molecule has 17 heavy (non-hydrogen) atoms. The monoisotopic (exact) mass is 244 g/mol. The van der Waals surface area contributed by atoms with Crippen molar-refractivity contribution in [3.63, 3.8) is 0 Å². The van der Waals surface area contributed by atoms with E-state index in [9.17, 15) is 14.7 Å². The molecule has 0 aliphatic heterocycles. The van der Waals surface area contributed by atoms with Gasteiger partial charge in [-0.15, -0.1) is 0 Å². The minimum absolute atomic E-state index is 0.202. The fourth-order valence-corrected chi connectivity index (χ4v) is 2.15. The van der Waals surface area contributed by atoms with Gasteiger partial charge in [0.2, 0.25) is 0 Å². The molecule has 1 saturated carbocycles. The normalized spacial score (nSPS) is 29.2. The first-order valence-corrected chi connectivity index (χ1v) is 6.07. The van der Waals surface area contributed by atoms with Crippen LogP contribution >= 0.6 is 0 Å². The molecule has 1 N–H and O–H groups in total. The minimum Gasteiger partial charge on any atom is -0.464 e. The number of hydrogen-bond acceptors (Lipinski definition) is 5. The summed E-state index contributed by atoms with van der Waals surface area (Å²) in [5, 5.41) is 10.4. The zero-order chi connectivity index (χ0) is 12.9. The molecule has 98 valence electrons. The van der Waals surface area contributed by atoms with Crippen LogP contribution in [0.3, 0.4) is 0 Å². The maximum absolute atomic E-state index is 11.8. The Balaban J connectivity index is 2.85. The first-order chi connectivity index (χ1) is 8.00. The largest absolute Gasteiger partial charge is 0.464 e. The van der Waals surface area contributed by atoms with E-state index in [2.05, 4.69) is 0 Å². The molecule has 1 fully saturated rings. The van der Waals surface area contributed by atoms with E-state index in [1.54, 1.807) is 6.92 Å². The summed E-state index contributed by atoms with van der Waals surface area (Å²) in [6, 6.07) is 0. The Morgan fingerprint density at radius 1 is 1.35 bits per heavy atom. The molecular formula is C12H20O5. The summed E-state index contributed by atoms with van der Waals surface area (Å²) in [5.41, 5.74) is -1.68. The molecule has 0 spiro atoms. The standard InChI is InChI=1S/C12H20O5/c1-3-16-11(14)12(15)8-6-4-5-7-10(12)17-9(2)13/h10,15H,3-8H2,1-2H3/t10-,12+/m1/s1. The SMILES string of the molecule is CCOC(=O)[C@]1(O)CCCCC[C@H]1OC(C)=O. The number of rotatable bonds is 3. The summed E-state index contributed by atoms with van der Waals surface area (Å²) in [5.74, 6) is -1.17. The van der Waals surface area contributed by atoms with Crippen molar-refractivity contribution in [1.29, 1.82) is 0 Å². The number of aliphatic hydroxyl groups is 1. The van der Waals surface area contributed by atoms with Crippen molar-refractivity contribution in [3.8, 4) is 0 Å². The predicted molar refractivity (Wildman–Crippen MR) is 60.2 cm³/mol. The van der Waals surface area contributed by atoms with Crippen LogP contribution in [0.15, 0.2) is 0 Å². The first-order valence-electron chi connectivity index (χ1n) is 6.07. The molecule has 0 aromatic carbocycles. The molecule has 0 amide bonds.